The molecule has 0 aliphatic rings. The van der Waals surface area contributed by atoms with Gasteiger partial charge in [-0.15, -0.1) is 0 Å². The number of rotatable bonds is 11. The van der Waals surface area contributed by atoms with Crippen LogP contribution in [-0.4, -0.2) is 49.4 Å². The molecule has 0 spiro atoms. The third kappa shape index (κ3) is 7.93. The van der Waals surface area contributed by atoms with Crippen LogP contribution >= 0.6 is 0 Å². The normalized spacial score (nSPS) is 11.3. The van der Waals surface area contributed by atoms with E-state index in [4.69, 9.17) is 18.9 Å². The van der Waals surface area contributed by atoms with Crippen LogP contribution in [0.2, 0.25) is 0 Å². The van der Waals surface area contributed by atoms with Gasteiger partial charge in [-0.1, -0.05) is 19.8 Å². The van der Waals surface area contributed by atoms with Crippen molar-refractivity contribution in [1.82, 2.24) is 10.3 Å². The summed E-state index contributed by atoms with van der Waals surface area (Å²) in [5, 5.41) is 2.43. The summed E-state index contributed by atoms with van der Waals surface area (Å²) in [6.07, 6.45) is 3.87. The molecule has 9 heteroatoms. The third-order valence-corrected chi connectivity index (χ3v) is 3.46. The Bertz CT molecular complexity index is 649. The highest BCUT2D eigenvalue weighted by Gasteiger charge is 2.20. The van der Waals surface area contributed by atoms with Gasteiger partial charge in [0, 0.05) is 19.2 Å². The highest BCUT2D eigenvalue weighted by atomic mass is 16.7. The number of unbranched alkanes of at least 4 members (excludes halogenated alkanes) is 1. The quantitative estimate of drug-likeness (QED) is 0.456. The van der Waals surface area contributed by atoms with E-state index < -0.39 is 24.6 Å². The van der Waals surface area contributed by atoms with Crippen LogP contribution in [0.1, 0.15) is 50.5 Å². The number of carbonyl (C=O) groups excluding carboxylic acids is 3. The predicted octanol–water partition coefficient (Wildman–Crippen LogP) is 1.84. The van der Waals surface area contributed by atoms with Crippen molar-refractivity contribution in [2.75, 3.05) is 20.4 Å². The highest BCUT2D eigenvalue weighted by molar-refractivity contribution is 5.97. The number of carbonyl (C=O) groups is 3. The van der Waals surface area contributed by atoms with E-state index in [-0.39, 0.29) is 29.8 Å². The van der Waals surface area contributed by atoms with Gasteiger partial charge in [0.1, 0.15) is 6.54 Å². The number of amides is 1. The second kappa shape index (κ2) is 11.7. The molecule has 1 rings (SSSR count). The van der Waals surface area contributed by atoms with E-state index in [2.05, 4.69) is 17.2 Å². The van der Waals surface area contributed by atoms with Crippen molar-refractivity contribution >= 4 is 17.8 Å². The van der Waals surface area contributed by atoms with E-state index in [1.165, 1.54) is 26.3 Å². The molecule has 1 aromatic rings. The van der Waals surface area contributed by atoms with Gasteiger partial charge in [-0.25, -0.2) is 4.98 Å². The maximum absolute atomic E-state index is 12.4. The summed E-state index contributed by atoms with van der Waals surface area (Å²) in [6, 6.07) is 1.49. The van der Waals surface area contributed by atoms with Crippen LogP contribution in [0.15, 0.2) is 12.3 Å². The first-order valence-electron chi connectivity index (χ1n) is 8.65. The Labute approximate surface area is 158 Å². The van der Waals surface area contributed by atoms with Crippen LogP contribution in [0.3, 0.4) is 0 Å². The molecule has 0 unspecified atom stereocenters. The monoisotopic (exact) mass is 382 g/mol. The van der Waals surface area contributed by atoms with Gasteiger partial charge in [0.25, 0.3) is 5.91 Å². The molecule has 150 valence electrons. The van der Waals surface area contributed by atoms with Crippen molar-refractivity contribution in [3.05, 3.63) is 18.0 Å². The standard InChI is InChI=1S/C18H26N2O7/c1-5-6-7-12(2)27-15(22)10-20-18(23)16-17(26-11-25-13(3)21)14(24-4)8-9-19-16/h8-9,12H,5-7,10-11H2,1-4H3,(H,20,23)/t12-/m0/s1. The smallest absolute Gasteiger partial charge is 0.325 e. The van der Waals surface area contributed by atoms with Gasteiger partial charge in [0.05, 0.1) is 13.2 Å². The van der Waals surface area contributed by atoms with Crippen molar-refractivity contribution < 1.29 is 33.3 Å². The predicted molar refractivity (Wildman–Crippen MR) is 95.5 cm³/mol. The molecule has 0 aromatic carbocycles. The van der Waals surface area contributed by atoms with Crippen LogP contribution in [0.25, 0.3) is 0 Å². The second-order valence-electron chi connectivity index (χ2n) is 5.71. The molecular weight excluding hydrogens is 356 g/mol. The maximum atomic E-state index is 12.4. The van der Waals surface area contributed by atoms with Gasteiger partial charge in [0.15, 0.2) is 17.2 Å². The largest absolute Gasteiger partial charge is 0.493 e. The van der Waals surface area contributed by atoms with E-state index in [9.17, 15) is 14.4 Å². The van der Waals surface area contributed by atoms with Gasteiger partial charge in [-0.2, -0.15) is 0 Å². The summed E-state index contributed by atoms with van der Waals surface area (Å²) in [5.74, 6) is -1.49. The maximum Gasteiger partial charge on any atom is 0.325 e. The molecule has 1 N–H and O–H groups in total. The number of pyridine rings is 1. The summed E-state index contributed by atoms with van der Waals surface area (Å²) in [4.78, 5) is 39.0. The van der Waals surface area contributed by atoms with Crippen LogP contribution in [0.5, 0.6) is 11.5 Å². The molecule has 0 fully saturated rings. The lowest BCUT2D eigenvalue weighted by atomic mass is 10.2. The van der Waals surface area contributed by atoms with Crippen molar-refractivity contribution in [2.24, 2.45) is 0 Å². The highest BCUT2D eigenvalue weighted by Crippen LogP contribution is 2.29. The lowest BCUT2D eigenvalue weighted by Crippen LogP contribution is -2.33. The van der Waals surface area contributed by atoms with E-state index in [1.54, 1.807) is 6.92 Å². The summed E-state index contributed by atoms with van der Waals surface area (Å²) < 4.78 is 20.4. The van der Waals surface area contributed by atoms with Crippen molar-refractivity contribution in [3.8, 4) is 11.5 Å². The van der Waals surface area contributed by atoms with Gasteiger partial charge in [-0.05, 0) is 13.3 Å². The lowest BCUT2D eigenvalue weighted by Gasteiger charge is -2.15. The summed E-state index contributed by atoms with van der Waals surface area (Å²) in [7, 11) is 1.39. The molecular formula is C18H26N2O7. The van der Waals surface area contributed by atoms with Gasteiger partial charge in [-0.3, -0.25) is 14.4 Å². The molecule has 0 bridgehead atoms. The molecule has 0 aliphatic carbocycles. The summed E-state index contributed by atoms with van der Waals surface area (Å²) in [6.45, 7) is 4.37. The van der Waals surface area contributed by atoms with Crippen LogP contribution in [0, 0.1) is 0 Å². The second-order valence-corrected chi connectivity index (χ2v) is 5.71. The lowest BCUT2D eigenvalue weighted by molar-refractivity contribution is -0.148. The molecule has 0 saturated heterocycles. The first-order chi connectivity index (χ1) is 12.9. The fourth-order valence-electron chi connectivity index (χ4n) is 2.12. The molecule has 1 heterocycles. The molecule has 0 aliphatic heterocycles. The Hall–Kier alpha value is -2.84. The fraction of sp³-hybridized carbons (Fsp3) is 0.556. The van der Waals surface area contributed by atoms with E-state index >= 15 is 0 Å². The molecule has 1 amide bonds. The van der Waals surface area contributed by atoms with Gasteiger partial charge in [0.2, 0.25) is 6.79 Å². The zero-order valence-corrected chi connectivity index (χ0v) is 16.1. The number of methoxy groups -OCH3 is 1. The Kier molecular flexibility index (Phi) is 9.63. The minimum absolute atomic E-state index is 0.00318. The molecule has 0 radical (unpaired) electrons. The number of ether oxygens (including phenoxy) is 4. The van der Waals surface area contributed by atoms with E-state index in [1.807, 2.05) is 0 Å². The van der Waals surface area contributed by atoms with Crippen molar-refractivity contribution in [3.63, 3.8) is 0 Å². The third-order valence-electron chi connectivity index (χ3n) is 3.46. The zero-order valence-electron chi connectivity index (χ0n) is 16.1. The van der Waals surface area contributed by atoms with Crippen molar-refractivity contribution in [1.29, 1.82) is 0 Å². The molecule has 27 heavy (non-hydrogen) atoms. The number of nitrogens with zero attached hydrogens (tertiary/aromatic N) is 1. The Morgan fingerprint density at radius 3 is 2.67 bits per heavy atom. The molecule has 1 atom stereocenters. The summed E-state index contributed by atoms with van der Waals surface area (Å²) in [5.41, 5.74) is -0.103. The van der Waals surface area contributed by atoms with E-state index in [0.29, 0.717) is 0 Å². The van der Waals surface area contributed by atoms with Gasteiger partial charge >= 0.3 is 11.9 Å². The van der Waals surface area contributed by atoms with Crippen LogP contribution < -0.4 is 14.8 Å². The first kappa shape index (κ1) is 22.2. The SMILES string of the molecule is CCCC[C@H](C)OC(=O)CNC(=O)c1nccc(OC)c1OCOC(C)=O. The van der Waals surface area contributed by atoms with Gasteiger partial charge < -0.3 is 24.3 Å². The summed E-state index contributed by atoms with van der Waals surface area (Å²) >= 11 is 0. The number of hydrogen-bond donors (Lipinski definition) is 1. The van der Waals surface area contributed by atoms with Crippen LogP contribution in [-0.2, 0) is 19.1 Å². The van der Waals surface area contributed by atoms with Crippen molar-refractivity contribution in [2.45, 2.75) is 46.1 Å². The average Bonchev–Trinajstić information content (AvgIpc) is 2.64. The molecule has 9 nitrogen and oxygen atoms in total. The minimum atomic E-state index is -0.648. The number of hydrogen-bond acceptors (Lipinski definition) is 8. The Morgan fingerprint density at radius 1 is 1.30 bits per heavy atom. The zero-order chi connectivity index (χ0) is 20.2. The Balaban J connectivity index is 2.70. The first-order valence-corrected chi connectivity index (χ1v) is 8.65. The number of aromatic nitrogens is 1. The van der Waals surface area contributed by atoms with Crippen LogP contribution in [0.4, 0.5) is 0 Å². The number of nitrogens with one attached hydrogen (secondary N) is 1. The molecule has 1 aromatic heterocycles. The number of esters is 2. The fourth-order valence-corrected chi connectivity index (χ4v) is 2.12. The average molecular weight is 382 g/mol. The minimum Gasteiger partial charge on any atom is -0.493 e. The Morgan fingerprint density at radius 2 is 2.04 bits per heavy atom. The van der Waals surface area contributed by atoms with E-state index in [0.717, 1.165) is 19.3 Å². The topological polar surface area (TPSA) is 113 Å². The molecule has 0 saturated carbocycles.